The fourth-order valence-corrected chi connectivity index (χ4v) is 5.78. The maximum Gasteiger partial charge on any atom is 0.473 e. The molecule has 15 heteroatoms. The van der Waals surface area contributed by atoms with Crippen molar-refractivity contribution in [2.24, 2.45) is 0 Å². The topological polar surface area (TPSA) is 186 Å². The smallest absolute Gasteiger partial charge is 0.459 e. The monoisotopic (exact) mass is 712 g/mol. The molecule has 2 amide bonds. The van der Waals surface area contributed by atoms with Crippen LogP contribution in [-0.2, 0) is 14.2 Å². The zero-order chi connectivity index (χ0) is 36.9. The van der Waals surface area contributed by atoms with Crippen molar-refractivity contribution in [1.82, 2.24) is 19.5 Å². The Labute approximate surface area is 300 Å². The number of aromatic nitrogens is 4. The summed E-state index contributed by atoms with van der Waals surface area (Å²) in [7, 11) is 0. The zero-order valence-electron chi connectivity index (χ0n) is 27.6. The van der Waals surface area contributed by atoms with E-state index >= 15 is 0 Å². The fraction of sp³-hybridized carbons (Fsp3) is 0.132. The molecule has 2 aromatic heterocycles. The molecule has 0 bridgehead atoms. The van der Waals surface area contributed by atoms with Gasteiger partial charge in [-0.1, -0.05) is 72.8 Å². The second kappa shape index (κ2) is 15.0. The molecule has 0 aliphatic carbocycles. The number of hydrogen-bond donors (Lipinski definition) is 0. The van der Waals surface area contributed by atoms with Crippen LogP contribution < -0.4 is 4.90 Å². The first-order valence-electron chi connectivity index (χ1n) is 16.3. The van der Waals surface area contributed by atoms with Crippen LogP contribution in [0.3, 0.4) is 0 Å². The number of imide groups is 1. The highest BCUT2D eigenvalue weighted by Gasteiger charge is 2.42. The summed E-state index contributed by atoms with van der Waals surface area (Å²) in [5.74, 6) is -4.24. The average molecular weight is 713 g/mol. The number of anilines is 1. The molecule has 4 aromatic carbocycles. The Morgan fingerprint density at radius 1 is 0.755 bits per heavy atom. The van der Waals surface area contributed by atoms with Gasteiger partial charge in [0.25, 0.3) is 17.6 Å². The van der Waals surface area contributed by atoms with Gasteiger partial charge >= 0.3 is 17.9 Å². The second-order valence-electron chi connectivity index (χ2n) is 11.7. The number of ether oxygens (including phenoxy) is 3. The summed E-state index contributed by atoms with van der Waals surface area (Å²) < 4.78 is 19.0. The van der Waals surface area contributed by atoms with Crippen LogP contribution in [0.15, 0.2) is 128 Å². The standard InChI is InChI=1S/C38H28N6O9/c45-34(24-13-5-1-6-14-24)43(35(46)25-15-7-2-8-16-25)33-31-32(40-38(41-33)44(49)50)42(23-39-31)30-21-28(53-37(48)27-19-11-4-12-20-27)29(52-30)22-51-36(47)26-17-9-3-10-18-26/h1-20,23,28-30H,21-22H2/t28-,29+,30+/m0/s1. The van der Waals surface area contributed by atoms with Crippen LogP contribution in [0.5, 0.6) is 0 Å². The predicted molar refractivity (Wildman–Crippen MR) is 187 cm³/mol. The maximum atomic E-state index is 14.0. The third-order valence-electron chi connectivity index (χ3n) is 8.36. The summed E-state index contributed by atoms with van der Waals surface area (Å²) in [4.78, 5) is 78.6. The molecule has 0 spiro atoms. The lowest BCUT2D eigenvalue weighted by molar-refractivity contribution is -0.394. The van der Waals surface area contributed by atoms with Crippen molar-refractivity contribution in [2.45, 2.75) is 24.9 Å². The number of amides is 2. The molecule has 3 heterocycles. The number of nitrogens with zero attached hydrogens (tertiary/aromatic N) is 6. The van der Waals surface area contributed by atoms with Gasteiger partial charge in [0.2, 0.25) is 5.65 Å². The van der Waals surface area contributed by atoms with Gasteiger partial charge in [-0.2, -0.15) is 0 Å². The molecule has 3 atom stereocenters. The number of rotatable bonds is 10. The molecule has 0 saturated carbocycles. The number of benzene rings is 4. The van der Waals surface area contributed by atoms with Gasteiger partial charge < -0.3 is 24.3 Å². The molecular weight excluding hydrogens is 684 g/mol. The minimum atomic E-state index is -1.01. The third-order valence-corrected chi connectivity index (χ3v) is 8.36. The molecule has 1 saturated heterocycles. The van der Waals surface area contributed by atoms with Crippen molar-refractivity contribution < 1.29 is 38.3 Å². The van der Waals surface area contributed by atoms with Crippen molar-refractivity contribution in [3.63, 3.8) is 0 Å². The lowest BCUT2D eigenvalue weighted by Crippen LogP contribution is -2.38. The van der Waals surface area contributed by atoms with Crippen LogP contribution in [0.25, 0.3) is 11.2 Å². The van der Waals surface area contributed by atoms with Gasteiger partial charge in [-0.15, -0.1) is 0 Å². The van der Waals surface area contributed by atoms with Gasteiger partial charge in [0.1, 0.15) is 31.4 Å². The summed E-state index contributed by atoms with van der Waals surface area (Å²) in [6.07, 6.45) is -1.70. The Bertz CT molecular complexity index is 2250. The van der Waals surface area contributed by atoms with Crippen molar-refractivity contribution >= 4 is 46.7 Å². The summed E-state index contributed by atoms with van der Waals surface area (Å²) >= 11 is 0. The number of fused-ring (bicyclic) bond motifs is 1. The van der Waals surface area contributed by atoms with Crippen LogP contribution in [0.2, 0.25) is 0 Å². The zero-order valence-corrected chi connectivity index (χ0v) is 27.6. The van der Waals surface area contributed by atoms with E-state index < -0.39 is 58.9 Å². The molecule has 1 aliphatic heterocycles. The summed E-state index contributed by atoms with van der Waals surface area (Å²) in [6, 6.07) is 32.4. The van der Waals surface area contributed by atoms with Gasteiger partial charge in [0.05, 0.1) is 11.1 Å². The van der Waals surface area contributed by atoms with Crippen molar-refractivity contribution in [1.29, 1.82) is 0 Å². The molecule has 7 rings (SSSR count). The molecule has 0 N–H and O–H groups in total. The Hall–Kier alpha value is -7.13. The van der Waals surface area contributed by atoms with E-state index in [0.29, 0.717) is 5.56 Å². The lowest BCUT2D eigenvalue weighted by atomic mass is 10.1. The first kappa shape index (κ1) is 34.3. The molecule has 0 radical (unpaired) electrons. The van der Waals surface area contributed by atoms with Crippen molar-refractivity contribution in [3.8, 4) is 0 Å². The predicted octanol–water partition coefficient (Wildman–Crippen LogP) is 5.59. The van der Waals surface area contributed by atoms with Crippen LogP contribution in [0.1, 0.15) is 54.1 Å². The van der Waals surface area contributed by atoms with Crippen LogP contribution in [0.4, 0.5) is 11.8 Å². The highest BCUT2D eigenvalue weighted by atomic mass is 16.6. The summed E-state index contributed by atoms with van der Waals surface area (Å²) in [6.45, 7) is -0.311. The highest BCUT2D eigenvalue weighted by Crippen LogP contribution is 2.36. The van der Waals surface area contributed by atoms with E-state index in [1.54, 1.807) is 97.1 Å². The first-order chi connectivity index (χ1) is 25.8. The van der Waals surface area contributed by atoms with Crippen molar-refractivity contribution in [3.05, 3.63) is 160 Å². The normalized spacial score (nSPS) is 16.5. The lowest BCUT2D eigenvalue weighted by Gasteiger charge is -2.19. The Kier molecular flexibility index (Phi) is 9.72. The maximum absolute atomic E-state index is 14.0. The Morgan fingerprint density at radius 2 is 1.26 bits per heavy atom. The quantitative estimate of drug-likeness (QED) is 0.0743. The third kappa shape index (κ3) is 7.22. The Balaban J connectivity index is 1.27. The van der Waals surface area contributed by atoms with Crippen molar-refractivity contribution in [2.75, 3.05) is 11.5 Å². The second-order valence-corrected chi connectivity index (χ2v) is 11.7. The number of carbonyl (C=O) groups excluding carboxylic acids is 4. The number of esters is 2. The molecule has 6 aromatic rings. The van der Waals surface area contributed by atoms with Gasteiger partial charge in [-0.25, -0.2) is 19.5 Å². The minimum absolute atomic E-state index is 0.0136. The Morgan fingerprint density at radius 3 is 1.79 bits per heavy atom. The van der Waals surface area contributed by atoms with Gasteiger partial charge in [0, 0.05) is 17.5 Å². The van der Waals surface area contributed by atoms with Crippen LogP contribution in [0, 0.1) is 10.1 Å². The fourth-order valence-electron chi connectivity index (χ4n) is 5.78. The van der Waals surface area contributed by atoms with E-state index in [4.69, 9.17) is 14.2 Å². The average Bonchev–Trinajstić information content (AvgIpc) is 3.82. The molecule has 1 fully saturated rings. The van der Waals surface area contributed by atoms with Gasteiger partial charge in [-0.3, -0.25) is 14.2 Å². The van der Waals surface area contributed by atoms with Gasteiger partial charge in [0.15, 0.2) is 5.52 Å². The van der Waals surface area contributed by atoms with Crippen LogP contribution >= 0.6 is 0 Å². The van der Waals surface area contributed by atoms with E-state index in [1.165, 1.54) is 35.2 Å². The van der Waals surface area contributed by atoms with E-state index in [1.807, 2.05) is 0 Å². The first-order valence-corrected chi connectivity index (χ1v) is 16.3. The minimum Gasteiger partial charge on any atom is -0.459 e. The van der Waals surface area contributed by atoms with E-state index in [-0.39, 0.29) is 40.9 Å². The highest BCUT2D eigenvalue weighted by molar-refractivity contribution is 6.27. The largest absolute Gasteiger partial charge is 0.473 e. The molecular formula is C38H28N6O9. The molecule has 53 heavy (non-hydrogen) atoms. The van der Waals surface area contributed by atoms with E-state index in [9.17, 15) is 29.3 Å². The number of hydrogen-bond acceptors (Lipinski definition) is 12. The number of carbonyl (C=O) groups is 4. The molecule has 0 unspecified atom stereocenters. The number of imidazole rings is 1. The number of nitro groups is 1. The summed E-state index contributed by atoms with van der Waals surface area (Å²) in [5.41, 5.74) is 0.541. The molecule has 264 valence electrons. The van der Waals surface area contributed by atoms with Gasteiger partial charge in [-0.05, 0) is 63.4 Å². The summed E-state index contributed by atoms with van der Waals surface area (Å²) in [5, 5.41) is 12.2. The van der Waals surface area contributed by atoms with E-state index in [2.05, 4.69) is 15.0 Å². The molecule has 15 nitrogen and oxygen atoms in total. The van der Waals surface area contributed by atoms with Crippen LogP contribution in [-0.4, -0.2) is 67.0 Å². The SMILES string of the molecule is O=C(OC[C@H]1O[C@@H](n2cnc3c(N(C(=O)c4ccccc4)C(=O)c4ccccc4)nc([N+](=O)[O-])nc32)C[C@@H]1OC(=O)c1ccccc1)c1ccccc1. The molecule has 1 aliphatic rings. The van der Waals surface area contributed by atoms with E-state index in [0.717, 1.165) is 4.90 Å².